The third-order valence-corrected chi connectivity index (χ3v) is 4.39. The first-order valence-electron chi connectivity index (χ1n) is 6.37. The SMILES string of the molecule is O=P(O)(O)c1ccc(Cn2ccc3c(O)cccc32)cc1. The molecule has 0 aliphatic carbocycles. The van der Waals surface area contributed by atoms with E-state index in [2.05, 4.69) is 0 Å². The van der Waals surface area contributed by atoms with Crippen LogP contribution in [0.5, 0.6) is 5.75 Å². The summed E-state index contributed by atoms with van der Waals surface area (Å²) in [6.07, 6.45) is 1.88. The predicted octanol–water partition coefficient (Wildman–Crippen LogP) is 2.20. The molecule has 0 saturated heterocycles. The number of hydrogen-bond acceptors (Lipinski definition) is 2. The zero-order valence-corrected chi connectivity index (χ0v) is 11.9. The second-order valence-corrected chi connectivity index (χ2v) is 6.47. The van der Waals surface area contributed by atoms with E-state index in [1.807, 2.05) is 22.9 Å². The molecule has 0 amide bonds. The van der Waals surface area contributed by atoms with E-state index in [0.29, 0.717) is 6.54 Å². The molecule has 6 heteroatoms. The zero-order chi connectivity index (χ0) is 15.0. The lowest BCUT2D eigenvalue weighted by molar-refractivity contribution is 0.387. The molecule has 0 bridgehead atoms. The molecule has 108 valence electrons. The van der Waals surface area contributed by atoms with Gasteiger partial charge in [-0.05, 0) is 35.9 Å². The number of rotatable bonds is 3. The van der Waals surface area contributed by atoms with Gasteiger partial charge in [-0.15, -0.1) is 0 Å². The zero-order valence-electron chi connectivity index (χ0n) is 11.0. The second kappa shape index (κ2) is 5.04. The molecule has 0 atom stereocenters. The summed E-state index contributed by atoms with van der Waals surface area (Å²) in [5.41, 5.74) is 1.84. The maximum Gasteiger partial charge on any atom is 0.356 e. The van der Waals surface area contributed by atoms with Gasteiger partial charge in [0.15, 0.2) is 0 Å². The van der Waals surface area contributed by atoms with Gasteiger partial charge in [-0.3, -0.25) is 4.57 Å². The summed E-state index contributed by atoms with van der Waals surface area (Å²) in [4.78, 5) is 18.2. The Kier molecular flexibility index (Phi) is 3.33. The highest BCUT2D eigenvalue weighted by molar-refractivity contribution is 7.60. The lowest BCUT2D eigenvalue weighted by Crippen LogP contribution is -2.05. The molecule has 0 fully saturated rings. The minimum Gasteiger partial charge on any atom is -0.507 e. The van der Waals surface area contributed by atoms with Crippen molar-refractivity contribution in [3.8, 4) is 5.75 Å². The summed E-state index contributed by atoms with van der Waals surface area (Å²) < 4.78 is 13.1. The fourth-order valence-electron chi connectivity index (χ4n) is 2.34. The molecular weight excluding hydrogens is 289 g/mol. The topological polar surface area (TPSA) is 82.7 Å². The molecule has 0 aliphatic rings. The smallest absolute Gasteiger partial charge is 0.356 e. The van der Waals surface area contributed by atoms with Gasteiger partial charge in [-0.25, -0.2) is 0 Å². The predicted molar refractivity (Wildman–Crippen MR) is 80.8 cm³/mol. The molecule has 2 aromatic carbocycles. The van der Waals surface area contributed by atoms with E-state index in [-0.39, 0.29) is 11.1 Å². The van der Waals surface area contributed by atoms with Gasteiger partial charge in [0.05, 0.1) is 10.8 Å². The Balaban J connectivity index is 1.92. The third-order valence-electron chi connectivity index (χ3n) is 3.42. The van der Waals surface area contributed by atoms with Crippen LogP contribution < -0.4 is 5.30 Å². The monoisotopic (exact) mass is 303 g/mol. The largest absolute Gasteiger partial charge is 0.507 e. The Hall–Kier alpha value is -2.07. The molecule has 0 unspecified atom stereocenters. The first-order valence-corrected chi connectivity index (χ1v) is 7.98. The van der Waals surface area contributed by atoms with E-state index in [4.69, 9.17) is 9.79 Å². The lowest BCUT2D eigenvalue weighted by atomic mass is 10.2. The van der Waals surface area contributed by atoms with Crippen LogP contribution in [-0.4, -0.2) is 19.5 Å². The number of aromatic hydroxyl groups is 1. The highest BCUT2D eigenvalue weighted by Gasteiger charge is 2.16. The molecule has 1 aromatic heterocycles. The van der Waals surface area contributed by atoms with Crippen molar-refractivity contribution in [2.75, 3.05) is 0 Å². The van der Waals surface area contributed by atoms with Crippen molar-refractivity contribution >= 4 is 23.8 Å². The minimum atomic E-state index is -4.19. The van der Waals surface area contributed by atoms with E-state index in [9.17, 15) is 9.67 Å². The highest BCUT2D eigenvalue weighted by Crippen LogP contribution is 2.33. The summed E-state index contributed by atoms with van der Waals surface area (Å²) in [5, 5.41) is 10.6. The molecule has 5 nitrogen and oxygen atoms in total. The number of phenols is 1. The average molecular weight is 303 g/mol. The first-order chi connectivity index (χ1) is 9.95. The second-order valence-electron chi connectivity index (χ2n) is 4.86. The Labute approximate surface area is 121 Å². The van der Waals surface area contributed by atoms with Gasteiger partial charge < -0.3 is 19.5 Å². The molecule has 0 saturated carbocycles. The summed E-state index contributed by atoms with van der Waals surface area (Å²) in [7, 11) is -4.19. The fraction of sp³-hybridized carbons (Fsp3) is 0.0667. The fourth-order valence-corrected chi connectivity index (χ4v) is 2.87. The van der Waals surface area contributed by atoms with E-state index in [1.54, 1.807) is 24.3 Å². The number of fused-ring (bicyclic) bond motifs is 1. The third kappa shape index (κ3) is 2.72. The maximum absolute atomic E-state index is 11.1. The number of nitrogens with zero attached hydrogens (tertiary/aromatic N) is 1. The van der Waals surface area contributed by atoms with Crippen molar-refractivity contribution < 1.29 is 19.5 Å². The van der Waals surface area contributed by atoms with E-state index >= 15 is 0 Å². The van der Waals surface area contributed by atoms with Crippen molar-refractivity contribution in [2.24, 2.45) is 0 Å². The molecular formula is C15H14NO4P. The number of phenolic OH excluding ortho intramolecular Hbond substituents is 1. The van der Waals surface area contributed by atoms with Gasteiger partial charge in [0.1, 0.15) is 5.75 Å². The summed E-state index contributed by atoms with van der Waals surface area (Å²) >= 11 is 0. The lowest BCUT2D eigenvalue weighted by Gasteiger charge is -2.08. The van der Waals surface area contributed by atoms with Crippen LogP contribution in [0.1, 0.15) is 5.56 Å². The highest BCUT2D eigenvalue weighted by atomic mass is 31.2. The van der Waals surface area contributed by atoms with Crippen LogP contribution in [-0.2, 0) is 11.1 Å². The molecule has 0 radical (unpaired) electrons. The average Bonchev–Trinajstić information content (AvgIpc) is 2.83. The van der Waals surface area contributed by atoms with Gasteiger partial charge >= 0.3 is 7.60 Å². The summed E-state index contributed by atoms with van der Waals surface area (Å²) in [6, 6.07) is 13.5. The number of aromatic nitrogens is 1. The van der Waals surface area contributed by atoms with E-state index in [1.165, 1.54) is 12.1 Å². The van der Waals surface area contributed by atoms with E-state index in [0.717, 1.165) is 16.5 Å². The standard InChI is InChI=1S/C15H14NO4P/c17-15-3-1-2-14-13(15)8-9-16(14)10-11-4-6-12(7-5-11)21(18,19)20/h1-9,17H,10H2,(H2,18,19,20). The van der Waals surface area contributed by atoms with Crippen LogP contribution in [0.15, 0.2) is 54.7 Å². The minimum absolute atomic E-state index is 0.0151. The summed E-state index contributed by atoms with van der Waals surface area (Å²) in [6.45, 7) is 0.564. The van der Waals surface area contributed by atoms with Crippen molar-refractivity contribution in [1.82, 2.24) is 4.57 Å². The Morgan fingerprint density at radius 2 is 1.71 bits per heavy atom. The maximum atomic E-state index is 11.1. The van der Waals surface area contributed by atoms with Crippen LogP contribution in [0.25, 0.3) is 10.9 Å². The van der Waals surface area contributed by atoms with Crippen molar-refractivity contribution in [1.29, 1.82) is 0 Å². The van der Waals surface area contributed by atoms with Crippen LogP contribution in [0.3, 0.4) is 0 Å². The van der Waals surface area contributed by atoms with Crippen molar-refractivity contribution in [2.45, 2.75) is 6.54 Å². The van der Waals surface area contributed by atoms with Gasteiger partial charge in [-0.2, -0.15) is 0 Å². The Morgan fingerprint density at radius 1 is 1.00 bits per heavy atom. The molecule has 3 rings (SSSR count). The van der Waals surface area contributed by atoms with Gasteiger partial charge in [0.25, 0.3) is 0 Å². The van der Waals surface area contributed by atoms with Gasteiger partial charge in [-0.1, -0.05) is 18.2 Å². The van der Waals surface area contributed by atoms with Gasteiger partial charge in [0, 0.05) is 18.1 Å². The molecule has 21 heavy (non-hydrogen) atoms. The number of hydrogen-bond donors (Lipinski definition) is 3. The Morgan fingerprint density at radius 3 is 2.38 bits per heavy atom. The number of benzene rings is 2. The van der Waals surface area contributed by atoms with Gasteiger partial charge in [0.2, 0.25) is 0 Å². The summed E-state index contributed by atoms with van der Waals surface area (Å²) in [5.74, 6) is 0.239. The van der Waals surface area contributed by atoms with Crippen molar-refractivity contribution in [3.63, 3.8) is 0 Å². The molecule has 3 aromatic rings. The van der Waals surface area contributed by atoms with Crippen molar-refractivity contribution in [3.05, 3.63) is 60.3 Å². The molecule has 1 heterocycles. The van der Waals surface area contributed by atoms with Crippen LogP contribution >= 0.6 is 7.60 Å². The first kappa shape index (κ1) is 13.9. The Bertz CT molecular complexity index is 833. The normalized spacial score (nSPS) is 11.9. The molecule has 0 spiro atoms. The van der Waals surface area contributed by atoms with Crippen LogP contribution in [0, 0.1) is 0 Å². The molecule has 3 N–H and O–H groups in total. The van der Waals surface area contributed by atoms with Crippen LogP contribution in [0.2, 0.25) is 0 Å². The molecule has 0 aliphatic heterocycles. The van der Waals surface area contributed by atoms with Crippen LogP contribution in [0.4, 0.5) is 0 Å². The van der Waals surface area contributed by atoms with E-state index < -0.39 is 7.60 Å². The quantitative estimate of drug-likeness (QED) is 0.648.